The Morgan fingerprint density at radius 1 is 1.57 bits per heavy atom. The Bertz CT molecular complexity index is 276. The second kappa shape index (κ2) is 5.64. The molecule has 0 spiro atoms. The lowest BCUT2D eigenvalue weighted by Crippen LogP contribution is -2.02. The summed E-state index contributed by atoms with van der Waals surface area (Å²) in [6, 6.07) is 0. The first-order valence-electron chi connectivity index (χ1n) is 5.45. The van der Waals surface area contributed by atoms with Crippen LogP contribution < -0.4 is 0 Å². The molecule has 1 unspecified atom stereocenters. The number of hydrogen-bond acceptors (Lipinski definition) is 0. The Kier molecular flexibility index (Phi) is 4.45. The van der Waals surface area contributed by atoms with Crippen molar-refractivity contribution in [1.29, 1.82) is 0 Å². The zero-order chi connectivity index (χ0) is 10.4. The summed E-state index contributed by atoms with van der Waals surface area (Å²) < 4.78 is 0. The predicted molar refractivity (Wildman–Crippen MR) is 64.2 cm³/mol. The summed E-state index contributed by atoms with van der Waals surface area (Å²) in [5.74, 6) is 0.708. The molecule has 0 radical (unpaired) electrons. The van der Waals surface area contributed by atoms with Crippen LogP contribution in [0, 0.1) is 5.92 Å². The highest BCUT2D eigenvalue weighted by Gasteiger charge is 2.09. The quantitative estimate of drug-likeness (QED) is 0.454. The van der Waals surface area contributed by atoms with Gasteiger partial charge in [-0.15, -0.1) is 0 Å². The molecular formula is C14H20. The van der Waals surface area contributed by atoms with Gasteiger partial charge in [0.15, 0.2) is 0 Å². The van der Waals surface area contributed by atoms with E-state index >= 15 is 0 Å². The van der Waals surface area contributed by atoms with Gasteiger partial charge in [0.25, 0.3) is 0 Å². The topological polar surface area (TPSA) is 0 Å². The predicted octanol–water partition coefficient (Wildman–Crippen LogP) is 4.42. The van der Waals surface area contributed by atoms with Crippen molar-refractivity contribution in [2.24, 2.45) is 5.92 Å². The monoisotopic (exact) mass is 188 g/mol. The average molecular weight is 188 g/mol. The fraction of sp³-hybridized carbons (Fsp3) is 0.429. The average Bonchev–Trinajstić information content (AvgIpc) is 2.20. The fourth-order valence-electron chi connectivity index (χ4n) is 1.73. The standard InChI is InChI=1S/C14H20/c1-4-8-13(5-2)11-14-10-7-6-9-12(14)3/h4,6-8,11-12H,1,5,9-10H2,2-3H3/b13-8-,14-11+. The van der Waals surface area contributed by atoms with E-state index in [1.807, 2.05) is 6.08 Å². The van der Waals surface area contributed by atoms with E-state index in [1.54, 1.807) is 5.57 Å². The van der Waals surface area contributed by atoms with Crippen molar-refractivity contribution in [2.75, 3.05) is 0 Å². The summed E-state index contributed by atoms with van der Waals surface area (Å²) >= 11 is 0. The Morgan fingerprint density at radius 3 is 2.93 bits per heavy atom. The normalized spacial score (nSPS) is 25.4. The highest BCUT2D eigenvalue weighted by Crippen LogP contribution is 2.25. The zero-order valence-electron chi connectivity index (χ0n) is 9.29. The van der Waals surface area contributed by atoms with E-state index in [2.05, 4.69) is 44.7 Å². The maximum Gasteiger partial charge on any atom is -0.0133 e. The second-order valence-electron chi connectivity index (χ2n) is 3.86. The van der Waals surface area contributed by atoms with Crippen LogP contribution in [0.2, 0.25) is 0 Å². The molecule has 0 heteroatoms. The van der Waals surface area contributed by atoms with Gasteiger partial charge in [-0.2, -0.15) is 0 Å². The van der Waals surface area contributed by atoms with E-state index in [0.717, 1.165) is 12.8 Å². The van der Waals surface area contributed by atoms with Gasteiger partial charge in [-0.1, -0.05) is 56.4 Å². The van der Waals surface area contributed by atoms with E-state index in [-0.39, 0.29) is 0 Å². The molecule has 0 amide bonds. The van der Waals surface area contributed by atoms with Crippen molar-refractivity contribution < 1.29 is 0 Å². The molecule has 0 bridgehead atoms. The molecule has 0 aliphatic heterocycles. The molecule has 1 rings (SSSR count). The maximum absolute atomic E-state index is 3.74. The molecule has 0 heterocycles. The molecule has 0 saturated carbocycles. The molecule has 0 fully saturated rings. The van der Waals surface area contributed by atoms with Crippen molar-refractivity contribution in [3.8, 4) is 0 Å². The van der Waals surface area contributed by atoms with Gasteiger partial charge < -0.3 is 0 Å². The second-order valence-corrected chi connectivity index (χ2v) is 3.86. The molecule has 0 N–H and O–H groups in total. The lowest BCUT2D eigenvalue weighted by molar-refractivity contribution is 0.657. The van der Waals surface area contributed by atoms with Crippen LogP contribution in [0.25, 0.3) is 0 Å². The van der Waals surface area contributed by atoms with Gasteiger partial charge in [-0.05, 0) is 30.8 Å². The third-order valence-corrected chi connectivity index (χ3v) is 2.75. The SMILES string of the molecule is C=C/C=C(\C=C1/CC=CCC1C)CC. The van der Waals surface area contributed by atoms with Crippen LogP contribution in [0.1, 0.15) is 33.1 Å². The first-order chi connectivity index (χ1) is 6.77. The molecule has 76 valence electrons. The minimum atomic E-state index is 0.708. The Morgan fingerprint density at radius 2 is 2.36 bits per heavy atom. The Balaban J connectivity index is 2.79. The van der Waals surface area contributed by atoms with Gasteiger partial charge in [0, 0.05) is 0 Å². The molecule has 0 aromatic rings. The van der Waals surface area contributed by atoms with Crippen molar-refractivity contribution in [3.05, 3.63) is 48.1 Å². The molecule has 14 heavy (non-hydrogen) atoms. The molecule has 1 aliphatic rings. The Hall–Kier alpha value is -1.04. The molecule has 0 saturated heterocycles. The van der Waals surface area contributed by atoms with Crippen LogP contribution in [0.5, 0.6) is 0 Å². The minimum Gasteiger partial charge on any atom is -0.0991 e. The third kappa shape index (κ3) is 3.02. The lowest BCUT2D eigenvalue weighted by Gasteiger charge is -2.17. The van der Waals surface area contributed by atoms with Crippen LogP contribution in [0.15, 0.2) is 48.1 Å². The Labute approximate surface area is 87.7 Å². The summed E-state index contributed by atoms with van der Waals surface area (Å²) in [7, 11) is 0. The van der Waals surface area contributed by atoms with Gasteiger partial charge >= 0.3 is 0 Å². The van der Waals surface area contributed by atoms with Crippen LogP contribution in [0.4, 0.5) is 0 Å². The van der Waals surface area contributed by atoms with Gasteiger partial charge in [0.1, 0.15) is 0 Å². The number of hydrogen-bond donors (Lipinski definition) is 0. The molecule has 0 aromatic carbocycles. The third-order valence-electron chi connectivity index (χ3n) is 2.75. The molecule has 0 aromatic heterocycles. The van der Waals surface area contributed by atoms with Crippen LogP contribution >= 0.6 is 0 Å². The molecule has 1 aliphatic carbocycles. The highest BCUT2D eigenvalue weighted by molar-refractivity contribution is 5.30. The summed E-state index contributed by atoms with van der Waals surface area (Å²) in [5.41, 5.74) is 2.94. The highest BCUT2D eigenvalue weighted by atomic mass is 14.1. The zero-order valence-corrected chi connectivity index (χ0v) is 9.29. The van der Waals surface area contributed by atoms with Crippen LogP contribution in [0.3, 0.4) is 0 Å². The van der Waals surface area contributed by atoms with Crippen LogP contribution in [-0.4, -0.2) is 0 Å². The minimum absolute atomic E-state index is 0.708. The van der Waals surface area contributed by atoms with E-state index in [9.17, 15) is 0 Å². The van der Waals surface area contributed by atoms with Crippen molar-refractivity contribution in [1.82, 2.24) is 0 Å². The first kappa shape index (κ1) is 11.0. The fourth-order valence-corrected chi connectivity index (χ4v) is 1.73. The van der Waals surface area contributed by atoms with E-state index in [4.69, 9.17) is 0 Å². The van der Waals surface area contributed by atoms with Crippen molar-refractivity contribution in [3.63, 3.8) is 0 Å². The van der Waals surface area contributed by atoms with Gasteiger partial charge in [0.2, 0.25) is 0 Å². The van der Waals surface area contributed by atoms with E-state index in [1.165, 1.54) is 12.0 Å². The molecule has 1 atom stereocenters. The van der Waals surface area contributed by atoms with Crippen LogP contribution in [-0.2, 0) is 0 Å². The van der Waals surface area contributed by atoms with E-state index in [0.29, 0.717) is 5.92 Å². The number of allylic oxidation sites excluding steroid dienone is 7. The maximum atomic E-state index is 3.74. The van der Waals surface area contributed by atoms with Gasteiger partial charge in [0.05, 0.1) is 0 Å². The number of rotatable bonds is 3. The van der Waals surface area contributed by atoms with E-state index < -0.39 is 0 Å². The lowest BCUT2D eigenvalue weighted by atomic mass is 9.88. The smallest absolute Gasteiger partial charge is 0.0133 e. The first-order valence-corrected chi connectivity index (χ1v) is 5.45. The van der Waals surface area contributed by atoms with Crippen molar-refractivity contribution in [2.45, 2.75) is 33.1 Å². The van der Waals surface area contributed by atoms with Gasteiger partial charge in [-0.25, -0.2) is 0 Å². The molecular weight excluding hydrogens is 168 g/mol. The molecule has 0 nitrogen and oxygen atoms in total. The summed E-state index contributed by atoms with van der Waals surface area (Å²) in [6.45, 7) is 8.23. The van der Waals surface area contributed by atoms with Gasteiger partial charge in [-0.3, -0.25) is 0 Å². The summed E-state index contributed by atoms with van der Waals surface area (Å²) in [4.78, 5) is 0. The largest absolute Gasteiger partial charge is 0.0991 e. The summed E-state index contributed by atoms with van der Waals surface area (Å²) in [5, 5.41) is 0. The summed E-state index contributed by atoms with van der Waals surface area (Å²) in [6.07, 6.45) is 14.3. The van der Waals surface area contributed by atoms with Crippen molar-refractivity contribution >= 4 is 0 Å².